The summed E-state index contributed by atoms with van der Waals surface area (Å²) in [5.74, 6) is 0. The molecule has 0 saturated heterocycles. The Hall–Kier alpha value is -0.110. The van der Waals surface area contributed by atoms with E-state index in [1.165, 1.54) is 6.92 Å². The zero-order valence-corrected chi connectivity index (χ0v) is 9.07. The average Bonchev–Trinajstić information content (AvgIpc) is 1.81. The number of alkyl halides is 1. The van der Waals surface area contributed by atoms with E-state index in [4.69, 9.17) is 4.74 Å². The van der Waals surface area contributed by atoms with Gasteiger partial charge in [0.25, 0.3) is 0 Å². The normalized spacial score (nSPS) is 16.2. The van der Waals surface area contributed by atoms with E-state index in [1.807, 2.05) is 0 Å². The molecule has 0 spiro atoms. The summed E-state index contributed by atoms with van der Waals surface area (Å²) in [4.78, 5) is 0. The maximum atomic E-state index is 12.4. The molecule has 0 aromatic rings. The zero-order valence-electron chi connectivity index (χ0n) is 9.07. The standard InChI is InChI=1S/C10H21FO/c1-8(11)12-7-10(5,6)9(2,3)4/h8H,7H2,1-6H3. The molecule has 0 N–H and O–H groups in total. The Morgan fingerprint density at radius 1 is 1.17 bits per heavy atom. The van der Waals surface area contributed by atoms with Crippen molar-refractivity contribution in [3.8, 4) is 0 Å². The summed E-state index contributed by atoms with van der Waals surface area (Å²) in [6, 6.07) is 0. The molecule has 1 unspecified atom stereocenters. The Kier molecular flexibility index (Phi) is 3.70. The Morgan fingerprint density at radius 2 is 1.58 bits per heavy atom. The van der Waals surface area contributed by atoms with Crippen molar-refractivity contribution in [3.63, 3.8) is 0 Å². The fourth-order valence-electron chi connectivity index (χ4n) is 0.540. The Balaban J connectivity index is 4.05. The van der Waals surface area contributed by atoms with Gasteiger partial charge in [0, 0.05) is 0 Å². The van der Waals surface area contributed by atoms with E-state index < -0.39 is 6.36 Å². The first kappa shape index (κ1) is 11.9. The van der Waals surface area contributed by atoms with Crippen LogP contribution in [0.3, 0.4) is 0 Å². The second-order valence-corrected chi connectivity index (χ2v) is 4.99. The molecule has 0 aliphatic carbocycles. The molecule has 0 aliphatic rings. The lowest BCUT2D eigenvalue weighted by Gasteiger charge is -2.38. The van der Waals surface area contributed by atoms with Crippen LogP contribution >= 0.6 is 0 Å². The van der Waals surface area contributed by atoms with Gasteiger partial charge in [-0.15, -0.1) is 0 Å². The number of hydrogen-bond donors (Lipinski definition) is 0. The molecule has 1 atom stereocenters. The molecule has 12 heavy (non-hydrogen) atoms. The zero-order chi connectivity index (χ0) is 9.99. The van der Waals surface area contributed by atoms with Gasteiger partial charge in [0.05, 0.1) is 6.61 Å². The number of hydrogen-bond acceptors (Lipinski definition) is 1. The summed E-state index contributed by atoms with van der Waals surface area (Å²) in [6.07, 6.45) is -1.16. The van der Waals surface area contributed by atoms with E-state index in [-0.39, 0.29) is 10.8 Å². The van der Waals surface area contributed by atoms with Crippen LogP contribution in [0.1, 0.15) is 41.5 Å². The molecule has 0 fully saturated rings. The molecular formula is C10H21FO. The van der Waals surface area contributed by atoms with E-state index >= 15 is 0 Å². The molecule has 0 aliphatic heterocycles. The molecule has 0 bridgehead atoms. The lowest BCUT2D eigenvalue weighted by atomic mass is 9.70. The molecule has 0 aromatic heterocycles. The maximum Gasteiger partial charge on any atom is 0.195 e. The molecule has 0 heterocycles. The van der Waals surface area contributed by atoms with Gasteiger partial charge in [-0.2, -0.15) is 0 Å². The Labute approximate surface area is 75.3 Å². The van der Waals surface area contributed by atoms with Gasteiger partial charge in [-0.25, -0.2) is 4.39 Å². The smallest absolute Gasteiger partial charge is 0.195 e. The van der Waals surface area contributed by atoms with Crippen LogP contribution in [0.2, 0.25) is 0 Å². The number of halogens is 1. The van der Waals surface area contributed by atoms with Gasteiger partial charge in [-0.05, 0) is 17.8 Å². The van der Waals surface area contributed by atoms with Crippen LogP contribution in [-0.4, -0.2) is 13.0 Å². The molecule has 0 aromatic carbocycles. The highest BCUT2D eigenvalue weighted by Gasteiger charge is 2.33. The van der Waals surface area contributed by atoms with Gasteiger partial charge in [0.1, 0.15) is 0 Å². The summed E-state index contributed by atoms with van der Waals surface area (Å²) in [5.41, 5.74) is 0.148. The van der Waals surface area contributed by atoms with Crippen molar-refractivity contribution < 1.29 is 9.13 Å². The molecule has 1 nitrogen and oxygen atoms in total. The highest BCUT2D eigenvalue weighted by Crippen LogP contribution is 2.38. The summed E-state index contributed by atoms with van der Waals surface area (Å²) < 4.78 is 17.4. The van der Waals surface area contributed by atoms with Gasteiger partial charge >= 0.3 is 0 Å². The summed E-state index contributed by atoms with van der Waals surface area (Å²) in [6.45, 7) is 12.5. The summed E-state index contributed by atoms with van der Waals surface area (Å²) in [7, 11) is 0. The first-order chi connectivity index (χ1) is 5.17. The molecule has 0 rings (SSSR count). The van der Waals surface area contributed by atoms with Crippen LogP contribution in [0.4, 0.5) is 4.39 Å². The SMILES string of the molecule is CC(F)OCC(C)(C)C(C)(C)C. The van der Waals surface area contributed by atoms with Crippen molar-refractivity contribution in [2.24, 2.45) is 10.8 Å². The molecular weight excluding hydrogens is 155 g/mol. The summed E-state index contributed by atoms with van der Waals surface area (Å²) >= 11 is 0. The van der Waals surface area contributed by atoms with Crippen molar-refractivity contribution >= 4 is 0 Å². The van der Waals surface area contributed by atoms with Crippen LogP contribution in [-0.2, 0) is 4.74 Å². The minimum absolute atomic E-state index is 0.00729. The molecule has 0 amide bonds. The third-order valence-corrected chi connectivity index (χ3v) is 2.70. The van der Waals surface area contributed by atoms with E-state index in [0.717, 1.165) is 0 Å². The number of rotatable bonds is 3. The fourth-order valence-corrected chi connectivity index (χ4v) is 0.540. The van der Waals surface area contributed by atoms with Crippen LogP contribution in [0.15, 0.2) is 0 Å². The fraction of sp³-hybridized carbons (Fsp3) is 1.00. The predicted molar refractivity (Wildman–Crippen MR) is 49.8 cm³/mol. The van der Waals surface area contributed by atoms with Crippen LogP contribution < -0.4 is 0 Å². The predicted octanol–water partition coefficient (Wildman–Crippen LogP) is 3.39. The van der Waals surface area contributed by atoms with Crippen molar-refractivity contribution in [3.05, 3.63) is 0 Å². The third-order valence-electron chi connectivity index (χ3n) is 2.70. The monoisotopic (exact) mass is 176 g/mol. The lowest BCUT2D eigenvalue weighted by Crippen LogP contribution is -2.34. The number of ether oxygens (including phenoxy) is 1. The quantitative estimate of drug-likeness (QED) is 0.640. The third kappa shape index (κ3) is 3.53. The summed E-state index contributed by atoms with van der Waals surface area (Å²) in [5, 5.41) is 0. The van der Waals surface area contributed by atoms with Gasteiger partial charge in [0.2, 0.25) is 0 Å². The van der Waals surface area contributed by atoms with E-state index in [9.17, 15) is 4.39 Å². The van der Waals surface area contributed by atoms with Crippen molar-refractivity contribution in [2.45, 2.75) is 47.9 Å². The van der Waals surface area contributed by atoms with Gasteiger partial charge in [0.15, 0.2) is 6.36 Å². The minimum atomic E-state index is -1.16. The molecule has 0 saturated carbocycles. The highest BCUT2D eigenvalue weighted by atomic mass is 19.1. The van der Waals surface area contributed by atoms with Crippen LogP contribution in [0.5, 0.6) is 0 Å². The lowest BCUT2D eigenvalue weighted by molar-refractivity contribution is -0.0837. The van der Waals surface area contributed by atoms with Gasteiger partial charge in [-0.3, -0.25) is 0 Å². The van der Waals surface area contributed by atoms with Crippen molar-refractivity contribution in [1.82, 2.24) is 0 Å². The van der Waals surface area contributed by atoms with E-state index in [0.29, 0.717) is 6.61 Å². The van der Waals surface area contributed by atoms with E-state index in [1.54, 1.807) is 0 Å². The maximum absolute atomic E-state index is 12.4. The average molecular weight is 176 g/mol. The van der Waals surface area contributed by atoms with Crippen LogP contribution in [0.25, 0.3) is 0 Å². The topological polar surface area (TPSA) is 9.23 Å². The largest absolute Gasteiger partial charge is 0.348 e. The van der Waals surface area contributed by atoms with Gasteiger partial charge in [-0.1, -0.05) is 34.6 Å². The highest BCUT2D eigenvalue weighted by molar-refractivity contribution is 4.81. The second kappa shape index (κ2) is 3.73. The molecule has 0 radical (unpaired) electrons. The van der Waals surface area contributed by atoms with E-state index in [2.05, 4.69) is 34.6 Å². The Morgan fingerprint density at radius 3 is 1.83 bits per heavy atom. The first-order valence-electron chi connectivity index (χ1n) is 4.42. The minimum Gasteiger partial charge on any atom is -0.348 e. The van der Waals surface area contributed by atoms with Crippen molar-refractivity contribution in [2.75, 3.05) is 6.61 Å². The second-order valence-electron chi connectivity index (χ2n) is 4.99. The van der Waals surface area contributed by atoms with Crippen LogP contribution in [0, 0.1) is 10.8 Å². The van der Waals surface area contributed by atoms with Gasteiger partial charge < -0.3 is 4.74 Å². The molecule has 2 heteroatoms. The Bertz CT molecular complexity index is 133. The first-order valence-corrected chi connectivity index (χ1v) is 4.42. The van der Waals surface area contributed by atoms with Crippen molar-refractivity contribution in [1.29, 1.82) is 0 Å². The molecule has 74 valence electrons.